The normalized spacial score (nSPS) is 12.4. The molecule has 1 aliphatic heterocycles. The number of thiazole rings is 1. The van der Waals surface area contributed by atoms with Gasteiger partial charge in [0.25, 0.3) is 5.91 Å². The van der Waals surface area contributed by atoms with Crippen LogP contribution in [0.3, 0.4) is 0 Å². The van der Waals surface area contributed by atoms with Crippen molar-refractivity contribution in [2.45, 2.75) is 13.5 Å². The summed E-state index contributed by atoms with van der Waals surface area (Å²) in [6.07, 6.45) is 3.35. The van der Waals surface area contributed by atoms with Crippen LogP contribution in [0.2, 0.25) is 0 Å². The SMILES string of the molecule is CCOc1ccc2nc(N(Cc3ccccc3)C(=O)/C=C/c3ccc4c(c3)OCO4)sc2c1. The van der Waals surface area contributed by atoms with Crippen molar-refractivity contribution in [1.82, 2.24) is 4.98 Å². The van der Waals surface area contributed by atoms with Crippen LogP contribution in [0, 0.1) is 0 Å². The Bertz CT molecular complexity index is 1320. The Morgan fingerprint density at radius 2 is 1.94 bits per heavy atom. The number of fused-ring (bicyclic) bond motifs is 2. The predicted molar refractivity (Wildman–Crippen MR) is 130 cm³/mol. The molecule has 33 heavy (non-hydrogen) atoms. The predicted octanol–water partition coefficient (Wildman–Crippen LogP) is 5.67. The molecule has 1 amide bonds. The number of benzene rings is 3. The van der Waals surface area contributed by atoms with E-state index in [1.165, 1.54) is 11.3 Å². The molecule has 4 aromatic rings. The van der Waals surface area contributed by atoms with Gasteiger partial charge in [-0.3, -0.25) is 9.69 Å². The van der Waals surface area contributed by atoms with Gasteiger partial charge in [0.05, 0.1) is 23.4 Å². The molecular weight excluding hydrogens is 436 g/mol. The van der Waals surface area contributed by atoms with Crippen LogP contribution in [0.5, 0.6) is 17.2 Å². The van der Waals surface area contributed by atoms with Gasteiger partial charge in [0, 0.05) is 6.08 Å². The lowest BCUT2D eigenvalue weighted by Crippen LogP contribution is -2.28. The van der Waals surface area contributed by atoms with Gasteiger partial charge in [-0.15, -0.1) is 0 Å². The second-order valence-electron chi connectivity index (χ2n) is 7.41. The second-order valence-corrected chi connectivity index (χ2v) is 8.42. The summed E-state index contributed by atoms with van der Waals surface area (Å²) in [6.45, 7) is 3.19. The number of aromatic nitrogens is 1. The van der Waals surface area contributed by atoms with Crippen LogP contribution < -0.4 is 19.1 Å². The molecule has 0 N–H and O–H groups in total. The third-order valence-electron chi connectivity index (χ3n) is 5.16. The molecule has 0 aliphatic carbocycles. The van der Waals surface area contributed by atoms with Gasteiger partial charge in [-0.1, -0.05) is 47.7 Å². The molecule has 166 valence electrons. The Hall–Kier alpha value is -3.84. The van der Waals surface area contributed by atoms with Crippen molar-refractivity contribution in [3.05, 3.63) is 83.9 Å². The van der Waals surface area contributed by atoms with E-state index < -0.39 is 0 Å². The Kier molecular flexibility index (Phi) is 5.95. The highest BCUT2D eigenvalue weighted by Gasteiger charge is 2.19. The number of ether oxygens (including phenoxy) is 3. The largest absolute Gasteiger partial charge is 0.494 e. The van der Waals surface area contributed by atoms with Gasteiger partial charge in [0.2, 0.25) is 6.79 Å². The van der Waals surface area contributed by atoms with Gasteiger partial charge < -0.3 is 14.2 Å². The van der Waals surface area contributed by atoms with Crippen LogP contribution in [0.4, 0.5) is 5.13 Å². The average Bonchev–Trinajstić information content (AvgIpc) is 3.48. The lowest BCUT2D eigenvalue weighted by atomic mass is 10.2. The van der Waals surface area contributed by atoms with E-state index in [1.807, 2.05) is 73.7 Å². The van der Waals surface area contributed by atoms with E-state index in [9.17, 15) is 4.79 Å². The Balaban J connectivity index is 1.45. The van der Waals surface area contributed by atoms with Crippen LogP contribution in [-0.2, 0) is 11.3 Å². The summed E-state index contributed by atoms with van der Waals surface area (Å²) in [4.78, 5) is 19.8. The number of anilines is 1. The number of hydrogen-bond donors (Lipinski definition) is 0. The van der Waals surface area contributed by atoms with E-state index in [2.05, 4.69) is 0 Å². The van der Waals surface area contributed by atoms with Crippen molar-refractivity contribution in [2.75, 3.05) is 18.3 Å². The lowest BCUT2D eigenvalue weighted by Gasteiger charge is -2.18. The van der Waals surface area contributed by atoms with Gasteiger partial charge in [-0.25, -0.2) is 4.98 Å². The number of amides is 1. The Morgan fingerprint density at radius 1 is 1.09 bits per heavy atom. The fourth-order valence-corrected chi connectivity index (χ4v) is 4.54. The minimum absolute atomic E-state index is 0.152. The van der Waals surface area contributed by atoms with Crippen LogP contribution in [0.25, 0.3) is 16.3 Å². The molecule has 3 aromatic carbocycles. The van der Waals surface area contributed by atoms with E-state index in [4.69, 9.17) is 19.2 Å². The zero-order valence-electron chi connectivity index (χ0n) is 18.1. The first kappa shape index (κ1) is 21.0. The van der Waals surface area contributed by atoms with Gasteiger partial charge in [0.1, 0.15) is 5.75 Å². The summed E-state index contributed by atoms with van der Waals surface area (Å²) < 4.78 is 17.4. The number of carbonyl (C=O) groups excluding carboxylic acids is 1. The van der Waals surface area contributed by atoms with Gasteiger partial charge in [-0.2, -0.15) is 0 Å². The van der Waals surface area contributed by atoms with Gasteiger partial charge in [-0.05, 0) is 54.5 Å². The van der Waals surface area contributed by atoms with Crippen molar-refractivity contribution in [1.29, 1.82) is 0 Å². The quantitative estimate of drug-likeness (QED) is 0.334. The maximum atomic E-state index is 13.3. The zero-order valence-corrected chi connectivity index (χ0v) is 18.9. The highest BCUT2D eigenvalue weighted by Crippen LogP contribution is 2.34. The summed E-state index contributed by atoms with van der Waals surface area (Å²) in [7, 11) is 0. The number of hydrogen-bond acceptors (Lipinski definition) is 6. The highest BCUT2D eigenvalue weighted by molar-refractivity contribution is 7.22. The number of carbonyl (C=O) groups is 1. The highest BCUT2D eigenvalue weighted by atomic mass is 32.1. The summed E-state index contributed by atoms with van der Waals surface area (Å²) in [5, 5.41) is 0.642. The second kappa shape index (κ2) is 9.34. The molecule has 7 heteroatoms. The minimum atomic E-state index is -0.152. The first-order valence-corrected chi connectivity index (χ1v) is 11.5. The van der Waals surface area contributed by atoms with E-state index >= 15 is 0 Å². The third-order valence-corrected chi connectivity index (χ3v) is 6.20. The molecule has 0 atom stereocenters. The topological polar surface area (TPSA) is 60.9 Å². The van der Waals surface area contributed by atoms with Crippen molar-refractivity contribution in [3.63, 3.8) is 0 Å². The maximum Gasteiger partial charge on any atom is 0.253 e. The van der Waals surface area contributed by atoms with E-state index in [0.29, 0.717) is 29.8 Å². The van der Waals surface area contributed by atoms with Crippen LogP contribution >= 0.6 is 11.3 Å². The van der Waals surface area contributed by atoms with Crippen LogP contribution in [0.15, 0.2) is 72.8 Å². The molecule has 1 aliphatic rings. The number of nitrogens with zero attached hydrogens (tertiary/aromatic N) is 2. The first-order chi connectivity index (χ1) is 16.2. The molecule has 1 aromatic heterocycles. The fourth-order valence-electron chi connectivity index (χ4n) is 3.54. The molecule has 0 unspecified atom stereocenters. The van der Waals surface area contributed by atoms with Crippen LogP contribution in [0.1, 0.15) is 18.1 Å². The van der Waals surface area contributed by atoms with Gasteiger partial charge >= 0.3 is 0 Å². The monoisotopic (exact) mass is 458 g/mol. The third kappa shape index (κ3) is 4.68. The standard InChI is InChI=1S/C26H22N2O4S/c1-2-30-20-10-11-21-24(15-20)33-26(27-21)28(16-19-6-4-3-5-7-19)25(29)13-9-18-8-12-22-23(14-18)32-17-31-22/h3-15H,2,16-17H2,1H3/b13-9+. The smallest absolute Gasteiger partial charge is 0.253 e. The summed E-state index contributed by atoms with van der Waals surface area (Å²) in [5.41, 5.74) is 2.72. The Labute approximate surface area is 195 Å². The summed E-state index contributed by atoms with van der Waals surface area (Å²) in [6, 6.07) is 21.3. The zero-order chi connectivity index (χ0) is 22.6. The molecule has 6 nitrogen and oxygen atoms in total. The molecule has 0 radical (unpaired) electrons. The molecule has 2 heterocycles. The molecule has 5 rings (SSSR count). The summed E-state index contributed by atoms with van der Waals surface area (Å²) in [5.74, 6) is 2.04. The lowest BCUT2D eigenvalue weighted by molar-refractivity contribution is -0.114. The molecular formula is C26H22N2O4S. The van der Waals surface area contributed by atoms with Gasteiger partial charge in [0.15, 0.2) is 16.6 Å². The van der Waals surface area contributed by atoms with Crippen LogP contribution in [-0.4, -0.2) is 24.3 Å². The maximum absolute atomic E-state index is 13.3. The summed E-state index contributed by atoms with van der Waals surface area (Å²) >= 11 is 1.47. The van der Waals surface area contributed by atoms with E-state index in [1.54, 1.807) is 17.1 Å². The minimum Gasteiger partial charge on any atom is -0.494 e. The van der Waals surface area contributed by atoms with Crippen molar-refractivity contribution in [2.24, 2.45) is 0 Å². The molecule has 0 spiro atoms. The van der Waals surface area contributed by atoms with Crippen molar-refractivity contribution >= 4 is 38.7 Å². The average molecular weight is 459 g/mol. The Morgan fingerprint density at radius 3 is 2.79 bits per heavy atom. The van der Waals surface area contributed by atoms with Crippen molar-refractivity contribution in [3.8, 4) is 17.2 Å². The number of rotatable bonds is 7. The first-order valence-electron chi connectivity index (χ1n) is 10.7. The molecule has 0 fully saturated rings. The molecule has 0 bridgehead atoms. The van der Waals surface area contributed by atoms with E-state index in [-0.39, 0.29) is 12.7 Å². The fraction of sp³-hybridized carbons (Fsp3) is 0.154. The van der Waals surface area contributed by atoms with Crippen molar-refractivity contribution < 1.29 is 19.0 Å². The molecule has 0 saturated carbocycles. The molecule has 0 saturated heterocycles. The van der Waals surface area contributed by atoms with E-state index in [0.717, 1.165) is 27.1 Å².